The van der Waals surface area contributed by atoms with E-state index < -0.39 is 0 Å². The summed E-state index contributed by atoms with van der Waals surface area (Å²) in [6, 6.07) is 9.22. The number of likely N-dealkylation sites (tertiary alicyclic amines) is 1. The smallest absolute Gasteiger partial charge is 0.0681 e. The molecule has 94 valence electrons. The van der Waals surface area contributed by atoms with E-state index in [9.17, 15) is 0 Å². The van der Waals surface area contributed by atoms with Crippen LogP contribution in [-0.2, 0) is 6.61 Å². The summed E-state index contributed by atoms with van der Waals surface area (Å²) >= 11 is 0. The normalized spacial score (nSPS) is 21.1. The van der Waals surface area contributed by atoms with Crippen molar-refractivity contribution in [3.63, 3.8) is 0 Å². The molecule has 17 heavy (non-hydrogen) atoms. The van der Waals surface area contributed by atoms with Crippen molar-refractivity contribution in [2.45, 2.75) is 39.0 Å². The first-order valence-electron chi connectivity index (χ1n) is 6.39. The fourth-order valence-electron chi connectivity index (χ4n) is 2.32. The highest BCUT2D eigenvalue weighted by Crippen LogP contribution is 2.18. The minimum absolute atomic E-state index is 0.116. The highest BCUT2D eigenvalue weighted by molar-refractivity contribution is 5.45. The number of aliphatic hydroxyl groups is 1. The lowest BCUT2D eigenvalue weighted by molar-refractivity contribution is 0.274. The largest absolute Gasteiger partial charge is 0.392 e. The molecule has 1 aromatic rings. The topological polar surface area (TPSA) is 35.5 Å². The Bertz CT molecular complexity index is 348. The molecular weight excluding hydrogens is 212 g/mol. The Balaban J connectivity index is 1.89. The SMILES string of the molecule is CC(C)N1CCC(Nc2ccc(CO)cc2)C1. The maximum absolute atomic E-state index is 8.98. The number of nitrogens with one attached hydrogen (secondary N) is 1. The van der Waals surface area contributed by atoms with Gasteiger partial charge in [-0.05, 0) is 38.0 Å². The molecule has 0 radical (unpaired) electrons. The second kappa shape index (κ2) is 5.52. The highest BCUT2D eigenvalue weighted by Gasteiger charge is 2.23. The van der Waals surface area contributed by atoms with Crippen molar-refractivity contribution < 1.29 is 5.11 Å². The molecule has 3 nitrogen and oxygen atoms in total. The molecule has 2 rings (SSSR count). The zero-order chi connectivity index (χ0) is 12.3. The maximum atomic E-state index is 8.98. The van der Waals surface area contributed by atoms with Gasteiger partial charge in [-0.2, -0.15) is 0 Å². The third-order valence-corrected chi connectivity index (χ3v) is 3.46. The number of hydrogen-bond donors (Lipinski definition) is 2. The van der Waals surface area contributed by atoms with Crippen molar-refractivity contribution in [2.75, 3.05) is 18.4 Å². The molecule has 1 aliphatic rings. The number of aliphatic hydroxyl groups excluding tert-OH is 1. The Morgan fingerprint density at radius 3 is 2.59 bits per heavy atom. The molecule has 0 spiro atoms. The Morgan fingerprint density at radius 2 is 2.06 bits per heavy atom. The molecule has 0 aromatic heterocycles. The summed E-state index contributed by atoms with van der Waals surface area (Å²) < 4.78 is 0. The maximum Gasteiger partial charge on any atom is 0.0681 e. The molecular formula is C14H22N2O. The third-order valence-electron chi connectivity index (χ3n) is 3.46. The van der Waals surface area contributed by atoms with Crippen LogP contribution in [-0.4, -0.2) is 35.2 Å². The third kappa shape index (κ3) is 3.20. The Kier molecular flexibility index (Phi) is 4.02. The highest BCUT2D eigenvalue weighted by atomic mass is 16.3. The van der Waals surface area contributed by atoms with E-state index in [-0.39, 0.29) is 6.61 Å². The fraction of sp³-hybridized carbons (Fsp3) is 0.571. The Labute approximate surface area is 103 Å². The fourth-order valence-corrected chi connectivity index (χ4v) is 2.32. The summed E-state index contributed by atoms with van der Waals surface area (Å²) in [4.78, 5) is 2.50. The van der Waals surface area contributed by atoms with Crippen LogP contribution in [0.15, 0.2) is 24.3 Å². The van der Waals surface area contributed by atoms with E-state index in [0.29, 0.717) is 12.1 Å². The second-order valence-corrected chi connectivity index (χ2v) is 5.07. The molecule has 0 aliphatic carbocycles. The summed E-state index contributed by atoms with van der Waals surface area (Å²) in [5.74, 6) is 0. The second-order valence-electron chi connectivity index (χ2n) is 5.07. The van der Waals surface area contributed by atoms with Crippen LogP contribution >= 0.6 is 0 Å². The van der Waals surface area contributed by atoms with Crippen molar-refractivity contribution in [2.24, 2.45) is 0 Å². The first-order valence-corrected chi connectivity index (χ1v) is 6.39. The van der Waals surface area contributed by atoms with Crippen molar-refractivity contribution in [3.05, 3.63) is 29.8 Å². The number of anilines is 1. The van der Waals surface area contributed by atoms with Crippen molar-refractivity contribution in [1.29, 1.82) is 0 Å². The Hall–Kier alpha value is -1.06. The van der Waals surface area contributed by atoms with E-state index in [0.717, 1.165) is 17.8 Å². The van der Waals surface area contributed by atoms with Gasteiger partial charge in [-0.15, -0.1) is 0 Å². The van der Waals surface area contributed by atoms with Crippen LogP contribution in [0.25, 0.3) is 0 Å². The van der Waals surface area contributed by atoms with Gasteiger partial charge in [-0.3, -0.25) is 4.90 Å². The summed E-state index contributed by atoms with van der Waals surface area (Å²) in [6.45, 7) is 6.92. The van der Waals surface area contributed by atoms with E-state index in [4.69, 9.17) is 5.11 Å². The number of hydrogen-bond acceptors (Lipinski definition) is 3. The molecule has 1 fully saturated rings. The molecule has 0 bridgehead atoms. The minimum Gasteiger partial charge on any atom is -0.392 e. The lowest BCUT2D eigenvalue weighted by atomic mass is 10.2. The van der Waals surface area contributed by atoms with Crippen LogP contribution in [0.4, 0.5) is 5.69 Å². The van der Waals surface area contributed by atoms with E-state index in [1.807, 2.05) is 24.3 Å². The first kappa shape index (κ1) is 12.4. The van der Waals surface area contributed by atoms with E-state index in [1.165, 1.54) is 13.0 Å². The molecule has 2 N–H and O–H groups in total. The van der Waals surface area contributed by atoms with Gasteiger partial charge in [0, 0.05) is 30.9 Å². The molecule has 1 aromatic carbocycles. The quantitative estimate of drug-likeness (QED) is 0.837. The average molecular weight is 234 g/mol. The van der Waals surface area contributed by atoms with Crippen molar-refractivity contribution in [3.8, 4) is 0 Å². The summed E-state index contributed by atoms with van der Waals surface area (Å²) in [7, 11) is 0. The minimum atomic E-state index is 0.116. The van der Waals surface area contributed by atoms with Gasteiger partial charge in [-0.25, -0.2) is 0 Å². The zero-order valence-electron chi connectivity index (χ0n) is 10.7. The van der Waals surface area contributed by atoms with Gasteiger partial charge in [0.15, 0.2) is 0 Å². The zero-order valence-corrected chi connectivity index (χ0v) is 10.7. The molecule has 3 heteroatoms. The van der Waals surface area contributed by atoms with Crippen molar-refractivity contribution >= 4 is 5.69 Å². The predicted molar refractivity (Wildman–Crippen MR) is 71.1 cm³/mol. The number of nitrogens with zero attached hydrogens (tertiary/aromatic N) is 1. The lowest BCUT2D eigenvalue weighted by Crippen LogP contribution is -2.31. The van der Waals surface area contributed by atoms with Gasteiger partial charge in [0.25, 0.3) is 0 Å². The van der Waals surface area contributed by atoms with Crippen LogP contribution in [0, 0.1) is 0 Å². The molecule has 1 aliphatic heterocycles. The molecule has 1 unspecified atom stereocenters. The van der Waals surface area contributed by atoms with Gasteiger partial charge < -0.3 is 10.4 Å². The van der Waals surface area contributed by atoms with Crippen molar-refractivity contribution in [1.82, 2.24) is 4.90 Å². The van der Waals surface area contributed by atoms with Gasteiger partial charge >= 0.3 is 0 Å². The first-order chi connectivity index (χ1) is 8.19. The lowest BCUT2D eigenvalue weighted by Gasteiger charge is -2.20. The average Bonchev–Trinajstić information content (AvgIpc) is 2.79. The van der Waals surface area contributed by atoms with Crippen LogP contribution in [0.2, 0.25) is 0 Å². The number of rotatable bonds is 4. The van der Waals surface area contributed by atoms with Gasteiger partial charge in [0.1, 0.15) is 0 Å². The predicted octanol–water partition coefficient (Wildman–Crippen LogP) is 2.07. The van der Waals surface area contributed by atoms with Gasteiger partial charge in [0.2, 0.25) is 0 Å². The van der Waals surface area contributed by atoms with Crippen LogP contribution < -0.4 is 5.32 Å². The van der Waals surface area contributed by atoms with E-state index in [1.54, 1.807) is 0 Å². The molecule has 0 amide bonds. The summed E-state index contributed by atoms with van der Waals surface area (Å²) in [5.41, 5.74) is 2.11. The number of benzene rings is 1. The van der Waals surface area contributed by atoms with Crippen LogP contribution in [0.3, 0.4) is 0 Å². The van der Waals surface area contributed by atoms with Gasteiger partial charge in [-0.1, -0.05) is 12.1 Å². The molecule has 1 saturated heterocycles. The molecule has 1 heterocycles. The van der Waals surface area contributed by atoms with Crippen LogP contribution in [0.1, 0.15) is 25.8 Å². The van der Waals surface area contributed by atoms with Gasteiger partial charge in [0.05, 0.1) is 6.61 Å². The molecule has 1 atom stereocenters. The standard InChI is InChI=1S/C14H22N2O/c1-11(2)16-8-7-14(9-16)15-13-5-3-12(10-17)4-6-13/h3-6,11,14-15,17H,7-10H2,1-2H3. The Morgan fingerprint density at radius 1 is 1.35 bits per heavy atom. The van der Waals surface area contributed by atoms with Crippen LogP contribution in [0.5, 0.6) is 0 Å². The molecule has 0 saturated carbocycles. The van der Waals surface area contributed by atoms with E-state index in [2.05, 4.69) is 24.1 Å². The summed E-state index contributed by atoms with van der Waals surface area (Å²) in [5, 5.41) is 12.5. The van der Waals surface area contributed by atoms with E-state index >= 15 is 0 Å². The monoisotopic (exact) mass is 234 g/mol. The summed E-state index contributed by atoms with van der Waals surface area (Å²) in [6.07, 6.45) is 1.21.